The standard InChI is InChI=1S/C13H28N2O/c1-4-6-14-13(10-16)5-7-15-9-11(2)8-12(15)3/h11-14,16H,4-10H2,1-3H3. The highest BCUT2D eigenvalue weighted by atomic mass is 16.3. The normalized spacial score (nSPS) is 28.5. The summed E-state index contributed by atoms with van der Waals surface area (Å²) in [5.41, 5.74) is 0. The highest BCUT2D eigenvalue weighted by Gasteiger charge is 2.25. The Hall–Kier alpha value is -0.120. The fourth-order valence-corrected chi connectivity index (χ4v) is 2.63. The molecule has 0 bridgehead atoms. The van der Waals surface area contributed by atoms with Gasteiger partial charge in [0.15, 0.2) is 0 Å². The topological polar surface area (TPSA) is 35.5 Å². The Morgan fingerprint density at radius 3 is 2.69 bits per heavy atom. The first kappa shape index (κ1) is 13.9. The summed E-state index contributed by atoms with van der Waals surface area (Å²) in [4.78, 5) is 2.56. The fourth-order valence-electron chi connectivity index (χ4n) is 2.63. The number of hydrogen-bond donors (Lipinski definition) is 2. The minimum atomic E-state index is 0.262. The molecule has 0 aliphatic carbocycles. The van der Waals surface area contributed by atoms with E-state index in [1.165, 1.54) is 13.0 Å². The summed E-state index contributed by atoms with van der Waals surface area (Å²) in [5, 5.41) is 12.7. The third-order valence-corrected chi connectivity index (χ3v) is 3.58. The summed E-state index contributed by atoms with van der Waals surface area (Å²) >= 11 is 0. The van der Waals surface area contributed by atoms with Crippen LogP contribution in [0.5, 0.6) is 0 Å². The van der Waals surface area contributed by atoms with Crippen molar-refractivity contribution in [3.05, 3.63) is 0 Å². The molecule has 1 fully saturated rings. The largest absolute Gasteiger partial charge is 0.395 e. The second-order valence-electron chi connectivity index (χ2n) is 5.31. The van der Waals surface area contributed by atoms with Crippen molar-refractivity contribution >= 4 is 0 Å². The van der Waals surface area contributed by atoms with E-state index in [4.69, 9.17) is 0 Å². The second-order valence-corrected chi connectivity index (χ2v) is 5.31. The highest BCUT2D eigenvalue weighted by molar-refractivity contribution is 4.81. The summed E-state index contributed by atoms with van der Waals surface area (Å²) < 4.78 is 0. The first-order valence-electron chi connectivity index (χ1n) is 6.75. The SMILES string of the molecule is CCCNC(CO)CCN1CC(C)CC1C. The van der Waals surface area contributed by atoms with Crippen molar-refractivity contribution in [2.75, 3.05) is 26.2 Å². The summed E-state index contributed by atoms with van der Waals surface area (Å²) in [6.07, 6.45) is 3.52. The average molecular weight is 228 g/mol. The molecule has 0 aromatic heterocycles. The lowest BCUT2D eigenvalue weighted by atomic mass is 10.1. The first-order chi connectivity index (χ1) is 7.67. The van der Waals surface area contributed by atoms with Gasteiger partial charge in [-0.2, -0.15) is 0 Å². The predicted octanol–water partition coefficient (Wildman–Crippen LogP) is 1.47. The molecule has 3 heteroatoms. The van der Waals surface area contributed by atoms with E-state index in [-0.39, 0.29) is 12.6 Å². The van der Waals surface area contributed by atoms with Crippen LogP contribution in [-0.2, 0) is 0 Å². The molecule has 0 saturated carbocycles. The van der Waals surface area contributed by atoms with Crippen LogP contribution in [0.3, 0.4) is 0 Å². The monoisotopic (exact) mass is 228 g/mol. The van der Waals surface area contributed by atoms with Gasteiger partial charge in [0, 0.05) is 18.6 Å². The van der Waals surface area contributed by atoms with Crippen molar-refractivity contribution < 1.29 is 5.11 Å². The molecular weight excluding hydrogens is 200 g/mol. The minimum absolute atomic E-state index is 0.262. The molecule has 1 aliphatic heterocycles. The Balaban J connectivity index is 2.21. The molecule has 3 unspecified atom stereocenters. The van der Waals surface area contributed by atoms with Crippen LogP contribution >= 0.6 is 0 Å². The summed E-state index contributed by atoms with van der Waals surface area (Å²) in [6.45, 7) is 10.4. The van der Waals surface area contributed by atoms with Crippen LogP contribution in [-0.4, -0.2) is 48.3 Å². The number of nitrogens with one attached hydrogen (secondary N) is 1. The molecular formula is C13H28N2O. The molecule has 1 heterocycles. The number of likely N-dealkylation sites (tertiary alicyclic amines) is 1. The van der Waals surface area contributed by atoms with Gasteiger partial charge >= 0.3 is 0 Å². The Bertz CT molecular complexity index is 187. The molecule has 16 heavy (non-hydrogen) atoms. The van der Waals surface area contributed by atoms with Crippen molar-refractivity contribution in [1.29, 1.82) is 0 Å². The summed E-state index contributed by atoms with van der Waals surface area (Å²) in [7, 11) is 0. The van der Waals surface area contributed by atoms with Gasteiger partial charge in [-0.15, -0.1) is 0 Å². The van der Waals surface area contributed by atoms with Crippen molar-refractivity contribution in [3.63, 3.8) is 0 Å². The summed E-state index contributed by atoms with van der Waals surface area (Å²) in [5.74, 6) is 0.839. The lowest BCUT2D eigenvalue weighted by molar-refractivity contribution is 0.201. The Labute approximate surface area is 100 Å². The number of aliphatic hydroxyl groups excluding tert-OH is 1. The third kappa shape index (κ3) is 4.40. The van der Waals surface area contributed by atoms with E-state index >= 15 is 0 Å². The maximum Gasteiger partial charge on any atom is 0.0585 e. The van der Waals surface area contributed by atoms with E-state index < -0.39 is 0 Å². The van der Waals surface area contributed by atoms with Gasteiger partial charge in [-0.05, 0) is 45.2 Å². The quantitative estimate of drug-likeness (QED) is 0.692. The van der Waals surface area contributed by atoms with E-state index in [0.717, 1.165) is 37.9 Å². The highest BCUT2D eigenvalue weighted by Crippen LogP contribution is 2.22. The van der Waals surface area contributed by atoms with Gasteiger partial charge in [0.05, 0.1) is 6.61 Å². The average Bonchev–Trinajstić information content (AvgIpc) is 2.58. The van der Waals surface area contributed by atoms with Gasteiger partial charge in [0.2, 0.25) is 0 Å². The Morgan fingerprint density at radius 1 is 1.44 bits per heavy atom. The molecule has 96 valence electrons. The molecule has 0 spiro atoms. The zero-order valence-corrected chi connectivity index (χ0v) is 11.1. The van der Waals surface area contributed by atoms with E-state index in [0.29, 0.717) is 0 Å². The molecule has 1 saturated heterocycles. The smallest absolute Gasteiger partial charge is 0.0585 e. The van der Waals surface area contributed by atoms with Crippen LogP contribution in [0.25, 0.3) is 0 Å². The van der Waals surface area contributed by atoms with Gasteiger partial charge in [-0.25, -0.2) is 0 Å². The molecule has 0 radical (unpaired) electrons. The van der Waals surface area contributed by atoms with Crippen LogP contribution in [0.1, 0.15) is 40.0 Å². The van der Waals surface area contributed by atoms with Crippen LogP contribution < -0.4 is 5.32 Å². The van der Waals surface area contributed by atoms with Crippen molar-refractivity contribution in [1.82, 2.24) is 10.2 Å². The third-order valence-electron chi connectivity index (χ3n) is 3.58. The Kier molecular flexibility index (Phi) is 6.32. The predicted molar refractivity (Wildman–Crippen MR) is 68.6 cm³/mol. The fraction of sp³-hybridized carbons (Fsp3) is 1.00. The lowest BCUT2D eigenvalue weighted by Gasteiger charge is -2.24. The number of rotatable bonds is 7. The molecule has 3 atom stereocenters. The first-order valence-corrected chi connectivity index (χ1v) is 6.75. The molecule has 0 aromatic carbocycles. The number of hydrogen-bond acceptors (Lipinski definition) is 3. The van der Waals surface area contributed by atoms with Crippen molar-refractivity contribution in [3.8, 4) is 0 Å². The van der Waals surface area contributed by atoms with E-state index in [9.17, 15) is 5.11 Å². The zero-order chi connectivity index (χ0) is 12.0. The van der Waals surface area contributed by atoms with Gasteiger partial charge in [-0.3, -0.25) is 0 Å². The van der Waals surface area contributed by atoms with Crippen LogP contribution in [0.2, 0.25) is 0 Å². The molecule has 0 amide bonds. The molecule has 0 aromatic rings. The van der Waals surface area contributed by atoms with Crippen LogP contribution in [0.15, 0.2) is 0 Å². The Morgan fingerprint density at radius 2 is 2.19 bits per heavy atom. The maximum atomic E-state index is 9.26. The number of aliphatic hydroxyl groups is 1. The molecule has 3 nitrogen and oxygen atoms in total. The minimum Gasteiger partial charge on any atom is -0.395 e. The van der Waals surface area contributed by atoms with E-state index in [1.807, 2.05) is 0 Å². The molecule has 1 aliphatic rings. The summed E-state index contributed by atoms with van der Waals surface area (Å²) in [6, 6.07) is 1.00. The van der Waals surface area contributed by atoms with Crippen molar-refractivity contribution in [2.45, 2.75) is 52.1 Å². The number of nitrogens with zero attached hydrogens (tertiary/aromatic N) is 1. The van der Waals surface area contributed by atoms with E-state index in [2.05, 4.69) is 31.0 Å². The van der Waals surface area contributed by atoms with Gasteiger partial charge < -0.3 is 15.3 Å². The van der Waals surface area contributed by atoms with Crippen LogP contribution in [0, 0.1) is 5.92 Å². The van der Waals surface area contributed by atoms with Gasteiger partial charge in [0.1, 0.15) is 0 Å². The lowest BCUT2D eigenvalue weighted by Crippen LogP contribution is -2.38. The van der Waals surface area contributed by atoms with Crippen molar-refractivity contribution in [2.24, 2.45) is 5.92 Å². The van der Waals surface area contributed by atoms with Gasteiger partial charge in [0.25, 0.3) is 0 Å². The van der Waals surface area contributed by atoms with E-state index in [1.54, 1.807) is 0 Å². The second kappa shape index (κ2) is 7.25. The van der Waals surface area contributed by atoms with Crippen LogP contribution in [0.4, 0.5) is 0 Å². The maximum absolute atomic E-state index is 9.26. The molecule has 1 rings (SSSR count). The molecule has 2 N–H and O–H groups in total. The zero-order valence-electron chi connectivity index (χ0n) is 11.1. The van der Waals surface area contributed by atoms with Gasteiger partial charge in [-0.1, -0.05) is 13.8 Å².